The summed E-state index contributed by atoms with van der Waals surface area (Å²) >= 11 is 0. The lowest BCUT2D eigenvalue weighted by Gasteiger charge is -2.00. The van der Waals surface area contributed by atoms with Crippen LogP contribution in [0.3, 0.4) is 0 Å². The molecule has 88 valence electrons. The topological polar surface area (TPSA) is 60.4 Å². The number of nitro groups is 1. The molecule has 0 atom stereocenters. The van der Waals surface area contributed by atoms with Gasteiger partial charge < -0.3 is 10.1 Å². The minimum absolute atomic E-state index is 0.118. The minimum Gasteiger partial charge on any atom is -0.358 e. The Balaban J connectivity index is 2.38. The van der Waals surface area contributed by atoms with Crippen molar-refractivity contribution in [2.75, 3.05) is 0 Å². The average molecular weight is 239 g/mol. The molecule has 3 aromatic rings. The monoisotopic (exact) mass is 239 g/mol. The van der Waals surface area contributed by atoms with Gasteiger partial charge in [0, 0.05) is 17.8 Å². The molecule has 0 unspecified atom stereocenters. The lowest BCUT2D eigenvalue weighted by Crippen LogP contribution is -1.92. The van der Waals surface area contributed by atoms with Crippen molar-refractivity contribution in [2.45, 2.75) is 0 Å². The third-order valence-electron chi connectivity index (χ3n) is 2.73. The summed E-state index contributed by atoms with van der Waals surface area (Å²) in [6.07, 6.45) is 1.78. The van der Waals surface area contributed by atoms with E-state index < -0.39 is 4.92 Å². The van der Waals surface area contributed by atoms with Crippen molar-refractivity contribution in [2.24, 2.45) is 0 Å². The Hall–Kier alpha value is -2.69. The lowest BCUT2D eigenvalue weighted by molar-refractivity contribution is -0.388. The Labute approximate surface area is 102 Å². The molecule has 18 heavy (non-hydrogen) atoms. The van der Waals surface area contributed by atoms with Crippen LogP contribution in [0, 0.1) is 10.1 Å². The smallest absolute Gasteiger partial charge is 0.358 e. The van der Waals surface area contributed by atoms with Crippen molar-refractivity contribution >= 4 is 11.5 Å². The molecule has 0 bridgehead atoms. The molecular weight excluding hydrogens is 230 g/mol. The van der Waals surface area contributed by atoms with Gasteiger partial charge in [-0.05, 0) is 16.0 Å². The van der Waals surface area contributed by atoms with E-state index >= 15 is 0 Å². The maximum Gasteiger partial charge on any atom is 0.390 e. The number of hydrogen-bond donors (Lipinski definition) is 0. The molecule has 0 spiro atoms. The molecule has 0 fully saturated rings. The molecule has 5 heteroatoms. The molecule has 0 aliphatic carbocycles. The number of benzene rings is 1. The maximum absolute atomic E-state index is 11.1. The van der Waals surface area contributed by atoms with Crippen LogP contribution in [0.4, 0.5) is 5.82 Å². The molecule has 0 saturated heterocycles. The van der Waals surface area contributed by atoms with E-state index in [0.29, 0.717) is 11.3 Å². The summed E-state index contributed by atoms with van der Waals surface area (Å²) in [4.78, 5) is 14.7. The first-order chi connectivity index (χ1) is 8.77. The van der Waals surface area contributed by atoms with Crippen LogP contribution in [-0.4, -0.2) is 14.3 Å². The summed E-state index contributed by atoms with van der Waals surface area (Å²) < 4.78 is 1.73. The van der Waals surface area contributed by atoms with Gasteiger partial charge in [-0.1, -0.05) is 36.4 Å². The number of hydrogen-bond acceptors (Lipinski definition) is 3. The summed E-state index contributed by atoms with van der Waals surface area (Å²) in [6, 6.07) is 14.6. The number of fused-ring (bicyclic) bond motifs is 1. The van der Waals surface area contributed by atoms with E-state index in [9.17, 15) is 10.1 Å². The highest BCUT2D eigenvalue weighted by atomic mass is 16.6. The molecule has 2 heterocycles. The number of imidazole rings is 1. The Morgan fingerprint density at radius 1 is 1.06 bits per heavy atom. The molecule has 5 nitrogen and oxygen atoms in total. The molecule has 0 amide bonds. The number of rotatable bonds is 2. The van der Waals surface area contributed by atoms with Crippen molar-refractivity contribution in [1.82, 2.24) is 9.38 Å². The van der Waals surface area contributed by atoms with Crippen molar-refractivity contribution < 1.29 is 4.92 Å². The van der Waals surface area contributed by atoms with Gasteiger partial charge in [0.25, 0.3) is 5.65 Å². The number of nitrogens with zero attached hydrogens (tertiary/aromatic N) is 3. The largest absolute Gasteiger partial charge is 0.390 e. The predicted octanol–water partition coefficient (Wildman–Crippen LogP) is 2.91. The van der Waals surface area contributed by atoms with Gasteiger partial charge in [0.15, 0.2) is 5.69 Å². The third kappa shape index (κ3) is 1.53. The Morgan fingerprint density at radius 3 is 2.50 bits per heavy atom. The van der Waals surface area contributed by atoms with E-state index in [4.69, 9.17) is 0 Å². The van der Waals surface area contributed by atoms with E-state index in [2.05, 4.69) is 4.98 Å². The molecule has 0 saturated carbocycles. The van der Waals surface area contributed by atoms with Crippen LogP contribution in [-0.2, 0) is 0 Å². The van der Waals surface area contributed by atoms with Gasteiger partial charge >= 0.3 is 5.82 Å². The van der Waals surface area contributed by atoms with Gasteiger partial charge in [-0.15, -0.1) is 0 Å². The van der Waals surface area contributed by atoms with Gasteiger partial charge in [-0.3, -0.25) is 4.40 Å². The fraction of sp³-hybridized carbons (Fsp3) is 0. The van der Waals surface area contributed by atoms with E-state index in [1.54, 1.807) is 22.7 Å². The number of aromatic nitrogens is 2. The second-order valence-corrected chi connectivity index (χ2v) is 3.84. The zero-order valence-electron chi connectivity index (χ0n) is 9.35. The zero-order chi connectivity index (χ0) is 12.5. The van der Waals surface area contributed by atoms with Crippen LogP contribution in [0.1, 0.15) is 0 Å². The summed E-state index contributed by atoms with van der Waals surface area (Å²) in [6.45, 7) is 0. The van der Waals surface area contributed by atoms with Gasteiger partial charge in [0.1, 0.15) is 0 Å². The lowest BCUT2D eigenvalue weighted by atomic mass is 10.1. The summed E-state index contributed by atoms with van der Waals surface area (Å²) in [7, 11) is 0. The normalized spacial score (nSPS) is 10.7. The van der Waals surface area contributed by atoms with Gasteiger partial charge in [-0.2, -0.15) is 0 Å². The quantitative estimate of drug-likeness (QED) is 0.510. The van der Waals surface area contributed by atoms with Gasteiger partial charge in [-0.25, -0.2) is 0 Å². The van der Waals surface area contributed by atoms with E-state index in [-0.39, 0.29) is 5.82 Å². The molecule has 0 N–H and O–H groups in total. The first-order valence-corrected chi connectivity index (χ1v) is 5.44. The van der Waals surface area contributed by atoms with Gasteiger partial charge in [0.2, 0.25) is 0 Å². The van der Waals surface area contributed by atoms with Crippen LogP contribution in [0.25, 0.3) is 16.9 Å². The Kier molecular flexibility index (Phi) is 2.30. The minimum atomic E-state index is -0.449. The summed E-state index contributed by atoms with van der Waals surface area (Å²) in [5.74, 6) is -0.118. The van der Waals surface area contributed by atoms with Crippen molar-refractivity contribution in [1.29, 1.82) is 0 Å². The molecule has 0 aliphatic heterocycles. The summed E-state index contributed by atoms with van der Waals surface area (Å²) in [5, 5.41) is 11.1. The van der Waals surface area contributed by atoms with Gasteiger partial charge in [0.05, 0.1) is 0 Å². The van der Waals surface area contributed by atoms with Crippen LogP contribution in [0.2, 0.25) is 0 Å². The molecule has 2 aromatic heterocycles. The van der Waals surface area contributed by atoms with Crippen molar-refractivity contribution in [3.63, 3.8) is 0 Å². The maximum atomic E-state index is 11.1. The highest BCUT2D eigenvalue weighted by Crippen LogP contribution is 2.29. The molecule has 3 rings (SSSR count). The number of pyridine rings is 1. The Morgan fingerprint density at radius 2 is 1.78 bits per heavy atom. The van der Waals surface area contributed by atoms with Crippen LogP contribution < -0.4 is 0 Å². The van der Waals surface area contributed by atoms with Crippen LogP contribution in [0.5, 0.6) is 0 Å². The van der Waals surface area contributed by atoms with Crippen molar-refractivity contribution in [3.05, 3.63) is 64.8 Å². The fourth-order valence-electron chi connectivity index (χ4n) is 1.97. The van der Waals surface area contributed by atoms with E-state index in [1.807, 2.05) is 36.4 Å². The van der Waals surface area contributed by atoms with Crippen LogP contribution in [0.15, 0.2) is 54.7 Å². The highest BCUT2D eigenvalue weighted by Gasteiger charge is 2.23. The first kappa shape index (κ1) is 10.5. The SMILES string of the molecule is O=[N+]([O-])c1nc2ccccn2c1-c1ccccc1. The molecule has 0 radical (unpaired) electrons. The third-order valence-corrected chi connectivity index (χ3v) is 2.73. The Bertz CT molecular complexity index is 719. The molecular formula is C13H9N3O2. The second-order valence-electron chi connectivity index (χ2n) is 3.84. The fourth-order valence-corrected chi connectivity index (χ4v) is 1.97. The average Bonchev–Trinajstić information content (AvgIpc) is 2.79. The second kappa shape index (κ2) is 3.96. The van der Waals surface area contributed by atoms with E-state index in [0.717, 1.165) is 5.56 Å². The first-order valence-electron chi connectivity index (χ1n) is 5.44. The van der Waals surface area contributed by atoms with Crippen LogP contribution >= 0.6 is 0 Å². The predicted molar refractivity (Wildman–Crippen MR) is 67.3 cm³/mol. The summed E-state index contributed by atoms with van der Waals surface area (Å²) in [5.41, 5.74) is 1.86. The highest BCUT2D eigenvalue weighted by molar-refractivity contribution is 5.72. The van der Waals surface area contributed by atoms with E-state index in [1.165, 1.54) is 0 Å². The zero-order valence-corrected chi connectivity index (χ0v) is 9.35. The molecule has 0 aliphatic rings. The molecule has 1 aromatic carbocycles. The van der Waals surface area contributed by atoms with Crippen molar-refractivity contribution in [3.8, 4) is 11.3 Å². The standard InChI is InChI=1S/C13H9N3O2/c17-16(18)13-12(10-6-2-1-3-7-10)15-9-5-4-8-11(15)14-13/h1-9H.